The zero-order chi connectivity index (χ0) is 12.2. The van der Waals surface area contributed by atoms with E-state index < -0.39 is 5.54 Å². The molecule has 1 heterocycles. The quantitative estimate of drug-likeness (QED) is 0.725. The standard InChI is InChI=1S/C12H26N2O2/c1-10-7-14(8-11(2)16-10)6-4-5-12(3,13)9-15/h10-11,15H,4-9,13H2,1-3H3/t10-,11+,12?. The Bertz CT molecular complexity index is 199. The average Bonchev–Trinajstić information content (AvgIpc) is 2.16. The molecule has 1 aliphatic rings. The Balaban J connectivity index is 2.22. The summed E-state index contributed by atoms with van der Waals surface area (Å²) in [6.07, 6.45) is 2.55. The van der Waals surface area contributed by atoms with Gasteiger partial charge in [-0.25, -0.2) is 0 Å². The fourth-order valence-corrected chi connectivity index (χ4v) is 2.25. The zero-order valence-electron chi connectivity index (χ0n) is 10.8. The van der Waals surface area contributed by atoms with Gasteiger partial charge in [-0.15, -0.1) is 0 Å². The van der Waals surface area contributed by atoms with Gasteiger partial charge >= 0.3 is 0 Å². The highest BCUT2D eigenvalue weighted by Crippen LogP contribution is 2.13. The smallest absolute Gasteiger partial charge is 0.0678 e. The first-order chi connectivity index (χ1) is 7.43. The summed E-state index contributed by atoms with van der Waals surface area (Å²) < 4.78 is 5.68. The Hall–Kier alpha value is -0.160. The largest absolute Gasteiger partial charge is 0.394 e. The molecule has 3 N–H and O–H groups in total. The van der Waals surface area contributed by atoms with Crippen LogP contribution in [0.3, 0.4) is 0 Å². The number of morpholine rings is 1. The Morgan fingerprint density at radius 2 is 1.94 bits per heavy atom. The number of nitrogens with zero attached hydrogens (tertiary/aromatic N) is 1. The first kappa shape index (κ1) is 13.9. The van der Waals surface area contributed by atoms with E-state index in [0.29, 0.717) is 12.2 Å². The lowest BCUT2D eigenvalue weighted by Crippen LogP contribution is -2.46. The van der Waals surface area contributed by atoms with Crippen molar-refractivity contribution >= 4 is 0 Å². The SMILES string of the molecule is C[C@@H]1CN(CCCC(C)(N)CO)C[C@H](C)O1. The molecule has 1 rings (SSSR count). The van der Waals surface area contributed by atoms with Gasteiger partial charge in [0.25, 0.3) is 0 Å². The minimum atomic E-state index is -0.427. The molecule has 0 aliphatic carbocycles. The van der Waals surface area contributed by atoms with Gasteiger partial charge in [-0.1, -0.05) is 0 Å². The Morgan fingerprint density at radius 3 is 2.44 bits per heavy atom. The molecular weight excluding hydrogens is 204 g/mol. The molecule has 0 spiro atoms. The first-order valence-electron chi connectivity index (χ1n) is 6.20. The maximum absolute atomic E-state index is 9.06. The van der Waals surface area contributed by atoms with Crippen LogP contribution in [0.15, 0.2) is 0 Å². The molecule has 3 atom stereocenters. The molecule has 1 unspecified atom stereocenters. The van der Waals surface area contributed by atoms with Crippen LogP contribution in [0.5, 0.6) is 0 Å². The van der Waals surface area contributed by atoms with Crippen LogP contribution in [0.1, 0.15) is 33.6 Å². The van der Waals surface area contributed by atoms with Gasteiger partial charge in [0.15, 0.2) is 0 Å². The number of aliphatic hydroxyl groups is 1. The van der Waals surface area contributed by atoms with Crippen molar-refractivity contribution in [1.82, 2.24) is 4.90 Å². The van der Waals surface area contributed by atoms with E-state index in [1.165, 1.54) is 0 Å². The molecule has 1 aliphatic heterocycles. The number of nitrogens with two attached hydrogens (primary N) is 1. The Labute approximate surface area is 98.8 Å². The number of rotatable bonds is 5. The van der Waals surface area contributed by atoms with Crippen molar-refractivity contribution in [3.05, 3.63) is 0 Å². The average molecular weight is 230 g/mol. The summed E-state index contributed by atoms with van der Waals surface area (Å²) in [6, 6.07) is 0. The van der Waals surface area contributed by atoms with Crippen molar-refractivity contribution in [2.45, 2.75) is 51.4 Å². The third-order valence-electron chi connectivity index (χ3n) is 3.08. The van der Waals surface area contributed by atoms with Crippen LogP contribution in [-0.4, -0.2) is 54.0 Å². The van der Waals surface area contributed by atoms with E-state index in [1.54, 1.807) is 0 Å². The first-order valence-corrected chi connectivity index (χ1v) is 6.20. The third-order valence-corrected chi connectivity index (χ3v) is 3.08. The van der Waals surface area contributed by atoms with Crippen LogP contribution < -0.4 is 5.73 Å². The van der Waals surface area contributed by atoms with E-state index in [4.69, 9.17) is 15.6 Å². The molecule has 0 aromatic rings. The van der Waals surface area contributed by atoms with Gasteiger partial charge in [0.1, 0.15) is 0 Å². The number of hydrogen-bond acceptors (Lipinski definition) is 4. The van der Waals surface area contributed by atoms with Crippen LogP contribution in [0.2, 0.25) is 0 Å². The van der Waals surface area contributed by atoms with Crippen LogP contribution in [-0.2, 0) is 4.74 Å². The third kappa shape index (κ3) is 4.78. The maximum atomic E-state index is 9.06. The number of ether oxygens (including phenoxy) is 1. The second-order valence-electron chi connectivity index (χ2n) is 5.43. The van der Waals surface area contributed by atoms with Crippen LogP contribution in [0.25, 0.3) is 0 Å². The van der Waals surface area contributed by atoms with Crippen molar-refractivity contribution in [2.75, 3.05) is 26.2 Å². The lowest BCUT2D eigenvalue weighted by atomic mass is 9.98. The molecule has 0 bridgehead atoms. The van der Waals surface area contributed by atoms with Gasteiger partial charge in [-0.2, -0.15) is 0 Å². The lowest BCUT2D eigenvalue weighted by molar-refractivity contribution is -0.0684. The molecule has 0 amide bonds. The summed E-state index contributed by atoms with van der Waals surface area (Å²) in [4.78, 5) is 2.42. The summed E-state index contributed by atoms with van der Waals surface area (Å²) in [5.41, 5.74) is 5.47. The minimum Gasteiger partial charge on any atom is -0.394 e. The zero-order valence-corrected chi connectivity index (χ0v) is 10.8. The van der Waals surface area contributed by atoms with Crippen molar-refractivity contribution in [2.24, 2.45) is 5.73 Å². The fourth-order valence-electron chi connectivity index (χ4n) is 2.25. The van der Waals surface area contributed by atoms with Crippen molar-refractivity contribution in [3.8, 4) is 0 Å². The molecule has 0 saturated carbocycles. The second kappa shape index (κ2) is 5.96. The molecule has 0 radical (unpaired) electrons. The van der Waals surface area contributed by atoms with Crippen LogP contribution in [0.4, 0.5) is 0 Å². The highest BCUT2D eigenvalue weighted by molar-refractivity contribution is 4.79. The van der Waals surface area contributed by atoms with Gasteiger partial charge in [0, 0.05) is 18.6 Å². The van der Waals surface area contributed by atoms with E-state index in [-0.39, 0.29) is 6.61 Å². The van der Waals surface area contributed by atoms with E-state index >= 15 is 0 Å². The molecule has 4 heteroatoms. The van der Waals surface area contributed by atoms with Gasteiger partial charge < -0.3 is 15.6 Å². The number of hydrogen-bond donors (Lipinski definition) is 2. The van der Waals surface area contributed by atoms with Crippen LogP contribution in [0, 0.1) is 0 Å². The summed E-state index contributed by atoms with van der Waals surface area (Å²) in [5, 5.41) is 9.06. The fraction of sp³-hybridized carbons (Fsp3) is 1.00. The minimum absolute atomic E-state index is 0.0584. The summed E-state index contributed by atoms with van der Waals surface area (Å²) in [7, 11) is 0. The van der Waals surface area contributed by atoms with Gasteiger partial charge in [0.2, 0.25) is 0 Å². The van der Waals surface area contributed by atoms with Crippen molar-refractivity contribution < 1.29 is 9.84 Å². The molecule has 96 valence electrons. The second-order valence-corrected chi connectivity index (χ2v) is 5.43. The molecular formula is C12H26N2O2. The number of aliphatic hydroxyl groups excluding tert-OH is 1. The molecule has 1 saturated heterocycles. The topological polar surface area (TPSA) is 58.7 Å². The Morgan fingerprint density at radius 1 is 1.38 bits per heavy atom. The molecule has 0 aromatic carbocycles. The summed E-state index contributed by atoms with van der Waals surface area (Å²) in [6.45, 7) is 9.24. The van der Waals surface area contributed by atoms with E-state index in [1.807, 2.05) is 6.92 Å². The van der Waals surface area contributed by atoms with Gasteiger partial charge in [0.05, 0.1) is 18.8 Å². The van der Waals surface area contributed by atoms with Crippen LogP contribution >= 0.6 is 0 Å². The monoisotopic (exact) mass is 230 g/mol. The predicted octanol–water partition coefficient (Wildman–Crippen LogP) is 0.586. The maximum Gasteiger partial charge on any atom is 0.0678 e. The molecule has 4 nitrogen and oxygen atoms in total. The lowest BCUT2D eigenvalue weighted by Gasteiger charge is -2.35. The molecule has 0 aromatic heterocycles. The van der Waals surface area contributed by atoms with Gasteiger partial charge in [-0.3, -0.25) is 4.90 Å². The van der Waals surface area contributed by atoms with Gasteiger partial charge in [-0.05, 0) is 40.2 Å². The Kier molecular flexibility index (Phi) is 5.18. The van der Waals surface area contributed by atoms with Crippen molar-refractivity contribution in [1.29, 1.82) is 0 Å². The molecule has 1 fully saturated rings. The van der Waals surface area contributed by atoms with E-state index in [9.17, 15) is 0 Å². The normalized spacial score (nSPS) is 31.3. The van der Waals surface area contributed by atoms with E-state index in [0.717, 1.165) is 32.5 Å². The highest BCUT2D eigenvalue weighted by Gasteiger charge is 2.23. The predicted molar refractivity (Wildman–Crippen MR) is 65.4 cm³/mol. The molecule has 16 heavy (non-hydrogen) atoms. The summed E-state index contributed by atoms with van der Waals surface area (Å²) in [5.74, 6) is 0. The van der Waals surface area contributed by atoms with Crippen molar-refractivity contribution in [3.63, 3.8) is 0 Å². The summed E-state index contributed by atoms with van der Waals surface area (Å²) >= 11 is 0. The van der Waals surface area contributed by atoms with E-state index in [2.05, 4.69) is 18.7 Å². The highest BCUT2D eigenvalue weighted by atomic mass is 16.5.